The third-order valence-corrected chi connectivity index (χ3v) is 3.55. The van der Waals surface area contributed by atoms with E-state index in [1.165, 1.54) is 7.11 Å². The minimum Gasteiger partial charge on any atom is -0.495 e. The molecular formula is C17H16N4O3. The molecule has 0 aliphatic carbocycles. The molecule has 3 rings (SSSR count). The Morgan fingerprint density at radius 2 is 2.04 bits per heavy atom. The van der Waals surface area contributed by atoms with Crippen molar-refractivity contribution >= 4 is 22.5 Å². The topological polar surface area (TPSA) is 86.1 Å². The molecule has 0 unspecified atom stereocenters. The first-order chi connectivity index (χ1) is 11.6. The molecule has 1 amide bonds. The Hall–Kier alpha value is -3.22. The molecule has 0 atom stereocenters. The Labute approximate surface area is 137 Å². The zero-order valence-corrected chi connectivity index (χ0v) is 13.3. The first-order valence-electron chi connectivity index (χ1n) is 7.35. The van der Waals surface area contributed by atoms with Crippen molar-refractivity contribution in [3.63, 3.8) is 0 Å². The van der Waals surface area contributed by atoms with Crippen LogP contribution in [0.1, 0.15) is 5.56 Å². The van der Waals surface area contributed by atoms with Crippen LogP contribution in [0.15, 0.2) is 47.3 Å². The van der Waals surface area contributed by atoms with Gasteiger partial charge in [-0.25, -0.2) is 4.68 Å². The molecule has 0 aliphatic rings. The highest BCUT2D eigenvalue weighted by atomic mass is 16.5. The molecule has 3 aromatic rings. The van der Waals surface area contributed by atoms with Crippen molar-refractivity contribution in [1.82, 2.24) is 15.0 Å². The highest BCUT2D eigenvalue weighted by Crippen LogP contribution is 2.25. The van der Waals surface area contributed by atoms with Gasteiger partial charge in [0, 0.05) is 0 Å². The number of carbonyl (C=O) groups excluding carboxylic acids is 1. The summed E-state index contributed by atoms with van der Waals surface area (Å²) in [6.45, 7) is 1.68. The highest BCUT2D eigenvalue weighted by molar-refractivity contribution is 5.92. The summed E-state index contributed by atoms with van der Waals surface area (Å²) in [5.41, 5.74) is 1.67. The Morgan fingerprint density at radius 1 is 1.25 bits per heavy atom. The predicted molar refractivity (Wildman–Crippen MR) is 90.2 cm³/mol. The van der Waals surface area contributed by atoms with Gasteiger partial charge in [0.15, 0.2) is 0 Å². The van der Waals surface area contributed by atoms with Crippen LogP contribution in [0.2, 0.25) is 0 Å². The molecule has 0 fully saturated rings. The van der Waals surface area contributed by atoms with E-state index in [2.05, 4.69) is 15.6 Å². The number of benzene rings is 2. The van der Waals surface area contributed by atoms with Crippen LogP contribution in [0.5, 0.6) is 5.75 Å². The Balaban J connectivity index is 1.84. The lowest BCUT2D eigenvalue weighted by Crippen LogP contribution is -2.30. The van der Waals surface area contributed by atoms with Crippen LogP contribution in [0.4, 0.5) is 5.69 Å². The average Bonchev–Trinajstić information content (AvgIpc) is 2.58. The number of nitrogens with zero attached hydrogens (tertiary/aromatic N) is 3. The number of hydrogen-bond acceptors (Lipinski definition) is 5. The maximum absolute atomic E-state index is 12.3. The van der Waals surface area contributed by atoms with Gasteiger partial charge in [0.1, 0.15) is 17.8 Å². The van der Waals surface area contributed by atoms with Gasteiger partial charge in [-0.05, 0) is 36.8 Å². The molecule has 7 heteroatoms. The third-order valence-electron chi connectivity index (χ3n) is 3.55. The van der Waals surface area contributed by atoms with Gasteiger partial charge in [0.05, 0.1) is 18.2 Å². The number of nitrogens with one attached hydrogen (secondary N) is 1. The third kappa shape index (κ3) is 3.10. The summed E-state index contributed by atoms with van der Waals surface area (Å²) in [6.07, 6.45) is 0. The fraction of sp³-hybridized carbons (Fsp3) is 0.176. The van der Waals surface area contributed by atoms with Crippen LogP contribution in [0, 0.1) is 6.92 Å². The van der Waals surface area contributed by atoms with E-state index >= 15 is 0 Å². The Morgan fingerprint density at radius 3 is 2.83 bits per heavy atom. The molecular weight excluding hydrogens is 308 g/mol. The lowest BCUT2D eigenvalue weighted by Gasteiger charge is -2.11. The second-order valence-electron chi connectivity index (χ2n) is 5.32. The number of aryl methyl sites for hydroxylation is 1. The summed E-state index contributed by atoms with van der Waals surface area (Å²) in [4.78, 5) is 24.6. The van der Waals surface area contributed by atoms with Crippen molar-refractivity contribution in [1.29, 1.82) is 0 Å². The largest absolute Gasteiger partial charge is 0.495 e. The van der Waals surface area contributed by atoms with Gasteiger partial charge in [-0.1, -0.05) is 23.4 Å². The number of rotatable bonds is 4. The summed E-state index contributed by atoms with van der Waals surface area (Å²) in [6, 6.07) is 12.3. The first kappa shape index (κ1) is 15.7. The summed E-state index contributed by atoms with van der Waals surface area (Å²) < 4.78 is 6.26. The van der Waals surface area contributed by atoms with Gasteiger partial charge in [-0.3, -0.25) is 9.59 Å². The lowest BCUT2D eigenvalue weighted by atomic mass is 10.2. The maximum atomic E-state index is 12.3. The van der Waals surface area contributed by atoms with E-state index in [1.54, 1.807) is 36.4 Å². The molecule has 7 nitrogen and oxygen atoms in total. The van der Waals surface area contributed by atoms with Crippen LogP contribution in [0.3, 0.4) is 0 Å². The normalized spacial score (nSPS) is 10.6. The minimum atomic E-state index is -0.384. The maximum Gasteiger partial charge on any atom is 0.278 e. The number of aromatic nitrogens is 3. The molecule has 0 aliphatic heterocycles. The molecule has 1 heterocycles. The van der Waals surface area contributed by atoms with Crippen LogP contribution < -0.4 is 15.6 Å². The standard InChI is InChI=1S/C17H16N4O3/c1-11-7-8-15(24-2)14(9-11)18-16(22)10-21-17(23)12-5-3-4-6-13(12)19-20-21/h3-9H,10H2,1-2H3,(H,18,22). The van der Waals surface area contributed by atoms with Crippen molar-refractivity contribution in [3.8, 4) is 5.75 Å². The molecule has 0 bridgehead atoms. The molecule has 0 radical (unpaired) electrons. The van der Waals surface area contributed by atoms with E-state index in [4.69, 9.17) is 4.74 Å². The monoisotopic (exact) mass is 324 g/mol. The lowest BCUT2D eigenvalue weighted by molar-refractivity contribution is -0.117. The molecule has 0 saturated heterocycles. The van der Waals surface area contributed by atoms with Crippen LogP contribution in [-0.4, -0.2) is 28.0 Å². The zero-order chi connectivity index (χ0) is 17.1. The fourth-order valence-corrected chi connectivity index (χ4v) is 2.37. The quantitative estimate of drug-likeness (QED) is 0.790. The van der Waals surface area contributed by atoms with Crippen LogP contribution >= 0.6 is 0 Å². The average molecular weight is 324 g/mol. The molecule has 0 saturated carbocycles. The van der Waals surface area contributed by atoms with Gasteiger partial charge in [0.25, 0.3) is 5.56 Å². The summed E-state index contributed by atoms with van der Waals surface area (Å²) >= 11 is 0. The number of ether oxygens (including phenoxy) is 1. The van der Waals surface area contributed by atoms with Crippen LogP contribution in [-0.2, 0) is 11.3 Å². The molecule has 1 N–H and O–H groups in total. The van der Waals surface area contributed by atoms with Crippen LogP contribution in [0.25, 0.3) is 10.9 Å². The number of fused-ring (bicyclic) bond motifs is 1. The smallest absolute Gasteiger partial charge is 0.278 e. The van der Waals surface area contributed by atoms with Gasteiger partial charge in [-0.2, -0.15) is 0 Å². The highest BCUT2D eigenvalue weighted by Gasteiger charge is 2.12. The van der Waals surface area contributed by atoms with Gasteiger partial charge >= 0.3 is 0 Å². The molecule has 24 heavy (non-hydrogen) atoms. The van der Waals surface area contributed by atoms with E-state index in [1.807, 2.05) is 13.0 Å². The number of carbonyl (C=O) groups is 1. The number of hydrogen-bond donors (Lipinski definition) is 1. The molecule has 1 aromatic heterocycles. The zero-order valence-electron chi connectivity index (χ0n) is 13.3. The van der Waals surface area contributed by atoms with Crippen molar-refractivity contribution in [2.24, 2.45) is 0 Å². The van der Waals surface area contributed by atoms with Crippen molar-refractivity contribution in [2.75, 3.05) is 12.4 Å². The second kappa shape index (κ2) is 6.49. The van der Waals surface area contributed by atoms with E-state index in [0.717, 1.165) is 10.2 Å². The SMILES string of the molecule is COc1ccc(C)cc1NC(=O)Cn1nnc2ccccc2c1=O. The number of anilines is 1. The fourth-order valence-electron chi connectivity index (χ4n) is 2.37. The summed E-state index contributed by atoms with van der Waals surface area (Å²) in [7, 11) is 1.53. The van der Waals surface area contributed by atoms with Crippen molar-refractivity contribution in [2.45, 2.75) is 13.5 Å². The number of methoxy groups -OCH3 is 1. The van der Waals surface area contributed by atoms with E-state index in [-0.39, 0.29) is 18.0 Å². The van der Waals surface area contributed by atoms with E-state index < -0.39 is 0 Å². The van der Waals surface area contributed by atoms with Gasteiger partial charge in [-0.15, -0.1) is 5.10 Å². The Kier molecular flexibility index (Phi) is 4.24. The molecule has 122 valence electrons. The van der Waals surface area contributed by atoms with Gasteiger partial charge in [0.2, 0.25) is 5.91 Å². The predicted octanol–water partition coefficient (Wildman–Crippen LogP) is 1.75. The molecule has 2 aromatic carbocycles. The minimum absolute atomic E-state index is 0.228. The van der Waals surface area contributed by atoms with Crippen molar-refractivity contribution < 1.29 is 9.53 Å². The van der Waals surface area contributed by atoms with Gasteiger partial charge < -0.3 is 10.1 Å². The first-order valence-corrected chi connectivity index (χ1v) is 7.35. The molecule has 0 spiro atoms. The van der Waals surface area contributed by atoms with E-state index in [9.17, 15) is 9.59 Å². The second-order valence-corrected chi connectivity index (χ2v) is 5.32. The number of amides is 1. The van der Waals surface area contributed by atoms with E-state index in [0.29, 0.717) is 22.3 Å². The summed E-state index contributed by atoms with van der Waals surface area (Å²) in [5, 5.41) is 10.9. The Bertz CT molecular complexity index is 965. The van der Waals surface area contributed by atoms with Crippen molar-refractivity contribution in [3.05, 3.63) is 58.4 Å². The summed E-state index contributed by atoms with van der Waals surface area (Å²) in [5.74, 6) is 0.163.